The fourth-order valence-corrected chi connectivity index (χ4v) is 11.7. The van der Waals surface area contributed by atoms with Crippen LogP contribution in [0.4, 0.5) is 0 Å². The van der Waals surface area contributed by atoms with E-state index in [0.29, 0.717) is 19.3 Å². The van der Waals surface area contributed by atoms with E-state index in [4.69, 9.17) is 14.2 Å². The Morgan fingerprint density at radius 1 is 0.447 bits per heavy atom. The van der Waals surface area contributed by atoms with Gasteiger partial charge in [-0.1, -0.05) is 314 Å². The van der Waals surface area contributed by atoms with Gasteiger partial charge in [0.05, 0.1) is 25.4 Å². The summed E-state index contributed by atoms with van der Waals surface area (Å²) in [6.07, 6.45) is 66.1. The Balaban J connectivity index is 2.57. The second-order valence-electron chi connectivity index (χ2n) is 25.7. The Morgan fingerprint density at radius 3 is 1.14 bits per heavy atom. The van der Waals surface area contributed by atoms with Gasteiger partial charge in [0, 0.05) is 6.42 Å². The van der Waals surface area contributed by atoms with E-state index in [2.05, 4.69) is 50.4 Å². The van der Waals surface area contributed by atoms with Crippen molar-refractivity contribution < 1.29 is 49.3 Å². The monoisotopic (exact) mass is 1200 g/mol. The number of nitrogens with one attached hydrogen (secondary N) is 1. The molecule has 1 aliphatic rings. The number of hydrogen-bond acceptors (Lipinski definition) is 10. The van der Waals surface area contributed by atoms with Gasteiger partial charge in [-0.25, -0.2) is 0 Å². The zero-order chi connectivity index (χ0) is 61.7. The van der Waals surface area contributed by atoms with Crippen LogP contribution in [0.25, 0.3) is 0 Å². The van der Waals surface area contributed by atoms with E-state index in [1.165, 1.54) is 257 Å². The summed E-state index contributed by atoms with van der Waals surface area (Å²) in [4.78, 5) is 26.7. The van der Waals surface area contributed by atoms with Gasteiger partial charge in [-0.2, -0.15) is 0 Å². The third-order valence-corrected chi connectivity index (χ3v) is 17.5. The molecule has 11 nitrogen and oxygen atoms in total. The molecule has 1 rings (SSSR count). The van der Waals surface area contributed by atoms with Crippen LogP contribution >= 0.6 is 0 Å². The average Bonchev–Trinajstić information content (AvgIpc) is 3.19. The summed E-state index contributed by atoms with van der Waals surface area (Å²) in [6.45, 7) is 5.84. The lowest BCUT2D eigenvalue weighted by atomic mass is 9.99. The number of aliphatic hydroxyl groups excluding tert-OH is 5. The SMILES string of the molecule is CCCCCCCC/C=C/CCCCCCCCCCCCCCC(O)C(=O)NC(COC1OC(CO)C(O)C(O)C1OC(=O)CCCCCCCCCCCCC/C=C/CCCCCCCC)C(O)/C=C/CCCCCCCCCCCCC. The average molecular weight is 1200 g/mol. The molecule has 0 spiro atoms. The minimum atomic E-state index is -1.61. The normalized spacial score (nSPS) is 18.5. The first-order valence-electron chi connectivity index (χ1n) is 36.8. The summed E-state index contributed by atoms with van der Waals surface area (Å²) in [6, 6.07) is -1.02. The number of allylic oxidation sites excluding steroid dienone is 5. The first-order chi connectivity index (χ1) is 41.7. The summed E-state index contributed by atoms with van der Waals surface area (Å²) >= 11 is 0. The molecule has 1 aliphatic heterocycles. The molecule has 500 valence electrons. The van der Waals surface area contributed by atoms with Crippen LogP contribution in [0.1, 0.15) is 361 Å². The van der Waals surface area contributed by atoms with Gasteiger partial charge in [0.15, 0.2) is 12.4 Å². The van der Waals surface area contributed by atoms with Crippen molar-refractivity contribution in [1.82, 2.24) is 5.32 Å². The van der Waals surface area contributed by atoms with Crippen LogP contribution in [0.3, 0.4) is 0 Å². The predicted octanol–water partition coefficient (Wildman–Crippen LogP) is 19.0. The zero-order valence-electron chi connectivity index (χ0n) is 55.8. The second kappa shape index (κ2) is 62.1. The Bertz CT molecular complexity index is 1520. The molecule has 11 heteroatoms. The van der Waals surface area contributed by atoms with Crippen molar-refractivity contribution in [3.05, 3.63) is 36.5 Å². The Kier molecular flexibility index (Phi) is 59.1. The number of carbonyl (C=O) groups is 2. The number of esters is 1. The van der Waals surface area contributed by atoms with E-state index in [1.54, 1.807) is 6.08 Å². The molecule has 1 fully saturated rings. The highest BCUT2D eigenvalue weighted by Crippen LogP contribution is 2.26. The quantitative estimate of drug-likeness (QED) is 0.0195. The van der Waals surface area contributed by atoms with Gasteiger partial charge in [0.25, 0.3) is 0 Å². The maximum atomic E-state index is 13.5. The number of carbonyl (C=O) groups excluding carboxylic acids is 2. The van der Waals surface area contributed by atoms with E-state index >= 15 is 0 Å². The summed E-state index contributed by atoms with van der Waals surface area (Å²) in [5.41, 5.74) is 0. The van der Waals surface area contributed by atoms with Gasteiger partial charge < -0.3 is 45.1 Å². The van der Waals surface area contributed by atoms with Crippen molar-refractivity contribution in [2.24, 2.45) is 0 Å². The van der Waals surface area contributed by atoms with Gasteiger partial charge in [0.1, 0.15) is 24.4 Å². The van der Waals surface area contributed by atoms with Crippen LogP contribution in [0.5, 0.6) is 0 Å². The third-order valence-electron chi connectivity index (χ3n) is 17.5. The first-order valence-corrected chi connectivity index (χ1v) is 36.8. The largest absolute Gasteiger partial charge is 0.454 e. The highest BCUT2D eigenvalue weighted by atomic mass is 16.7. The van der Waals surface area contributed by atoms with Gasteiger partial charge in [-0.3, -0.25) is 9.59 Å². The maximum Gasteiger partial charge on any atom is 0.306 e. The molecule has 85 heavy (non-hydrogen) atoms. The van der Waals surface area contributed by atoms with Gasteiger partial charge in [-0.05, 0) is 77.0 Å². The molecule has 0 bridgehead atoms. The second-order valence-corrected chi connectivity index (χ2v) is 25.7. The maximum absolute atomic E-state index is 13.5. The van der Waals surface area contributed by atoms with E-state index in [1.807, 2.05) is 6.08 Å². The molecule has 0 aliphatic carbocycles. The lowest BCUT2D eigenvalue weighted by Gasteiger charge is -2.41. The fraction of sp³-hybridized carbons (Fsp3) is 0.892. The van der Waals surface area contributed by atoms with Gasteiger partial charge in [-0.15, -0.1) is 0 Å². The number of unbranched alkanes of at least 4 members (excludes halogenated alkanes) is 46. The molecule has 0 aromatic heterocycles. The summed E-state index contributed by atoms with van der Waals surface area (Å²) in [5.74, 6) is -1.18. The van der Waals surface area contributed by atoms with Gasteiger partial charge >= 0.3 is 5.97 Å². The van der Waals surface area contributed by atoms with Crippen LogP contribution in [-0.4, -0.2) is 99.6 Å². The molecular formula is C74H139NO10. The van der Waals surface area contributed by atoms with Crippen molar-refractivity contribution >= 4 is 11.9 Å². The summed E-state index contributed by atoms with van der Waals surface area (Å²) in [7, 11) is 0. The van der Waals surface area contributed by atoms with Crippen molar-refractivity contribution in [1.29, 1.82) is 0 Å². The number of amides is 1. The highest BCUT2D eigenvalue weighted by Gasteiger charge is 2.47. The summed E-state index contributed by atoms with van der Waals surface area (Å²) in [5, 5.41) is 57.3. The smallest absolute Gasteiger partial charge is 0.306 e. The molecule has 0 radical (unpaired) electrons. The van der Waals surface area contributed by atoms with Crippen LogP contribution < -0.4 is 5.32 Å². The first kappa shape index (κ1) is 80.9. The zero-order valence-corrected chi connectivity index (χ0v) is 55.8. The topological polar surface area (TPSA) is 175 Å². The lowest BCUT2D eigenvalue weighted by Crippen LogP contribution is -2.61. The van der Waals surface area contributed by atoms with Crippen molar-refractivity contribution in [2.45, 2.75) is 410 Å². The van der Waals surface area contributed by atoms with Crippen molar-refractivity contribution in [3.63, 3.8) is 0 Å². The number of rotatable bonds is 64. The standard InChI is InChI=1S/C74H139NO10/c1-4-7-10-13-16-19-22-25-27-29-31-33-35-36-38-40-43-46-49-52-55-58-61-67(78)73(82)75-65(66(77)60-57-54-51-48-45-42-24-21-18-15-12-9-6-3)64-83-74-72(71(81)70(80)68(63-76)84-74)85-69(79)62-59-56-53-50-47-44-41-39-37-34-32-30-28-26-23-20-17-14-11-8-5-2/h25-28,57,60,65-68,70-72,74,76-78,80-81H,4-24,29-56,58-59,61-64H2,1-3H3,(H,75,82)/b27-25+,28-26+,60-57+. The third kappa shape index (κ3) is 49.4. The molecule has 8 atom stereocenters. The van der Waals surface area contributed by atoms with Crippen LogP contribution in [0, 0.1) is 0 Å². The lowest BCUT2D eigenvalue weighted by molar-refractivity contribution is -0.305. The highest BCUT2D eigenvalue weighted by molar-refractivity contribution is 5.80. The molecule has 1 heterocycles. The predicted molar refractivity (Wildman–Crippen MR) is 357 cm³/mol. The molecular weight excluding hydrogens is 1060 g/mol. The Hall–Kier alpha value is -2.12. The van der Waals surface area contributed by atoms with Crippen molar-refractivity contribution in [3.8, 4) is 0 Å². The molecule has 0 saturated carbocycles. The number of aliphatic hydroxyl groups is 5. The van der Waals surface area contributed by atoms with E-state index in [0.717, 1.165) is 57.8 Å². The molecule has 8 unspecified atom stereocenters. The fourth-order valence-electron chi connectivity index (χ4n) is 11.7. The van der Waals surface area contributed by atoms with E-state index < -0.39 is 67.4 Å². The Labute approximate surface area is 523 Å². The molecule has 6 N–H and O–H groups in total. The van der Waals surface area contributed by atoms with E-state index in [9.17, 15) is 35.1 Å². The molecule has 0 aromatic carbocycles. The number of hydrogen-bond donors (Lipinski definition) is 6. The van der Waals surface area contributed by atoms with E-state index in [-0.39, 0.29) is 13.0 Å². The minimum Gasteiger partial charge on any atom is -0.454 e. The molecule has 1 saturated heterocycles. The van der Waals surface area contributed by atoms with Crippen LogP contribution in [0.2, 0.25) is 0 Å². The minimum absolute atomic E-state index is 0.126. The number of ether oxygens (including phenoxy) is 3. The van der Waals surface area contributed by atoms with Crippen LogP contribution in [-0.2, 0) is 23.8 Å². The molecule has 0 aromatic rings. The van der Waals surface area contributed by atoms with Crippen molar-refractivity contribution in [2.75, 3.05) is 13.2 Å². The molecule has 1 amide bonds. The van der Waals surface area contributed by atoms with Crippen LogP contribution in [0.15, 0.2) is 36.5 Å². The Morgan fingerprint density at radius 2 is 0.776 bits per heavy atom. The summed E-state index contributed by atoms with van der Waals surface area (Å²) < 4.78 is 17.7. The van der Waals surface area contributed by atoms with Gasteiger partial charge in [0.2, 0.25) is 5.91 Å².